The number of halogens is 1. The first kappa shape index (κ1) is 14.2. The molecule has 3 nitrogen and oxygen atoms in total. The number of hydrogen-bond acceptors (Lipinski definition) is 2. The van der Waals surface area contributed by atoms with Crippen LogP contribution in [0.4, 0.5) is 10.1 Å². The van der Waals surface area contributed by atoms with Gasteiger partial charge in [-0.15, -0.1) is 0 Å². The highest BCUT2D eigenvalue weighted by molar-refractivity contribution is 6.13. The highest BCUT2D eigenvalue weighted by Gasteiger charge is 2.18. The second-order valence-corrected chi connectivity index (χ2v) is 4.90. The number of fused-ring (bicyclic) bond motifs is 1. The molecule has 0 unspecified atom stereocenters. The zero-order valence-corrected chi connectivity index (χ0v) is 12.2. The first-order valence-corrected chi connectivity index (χ1v) is 7.12. The average Bonchev–Trinajstić information content (AvgIpc) is 2.56. The molecule has 1 amide bonds. The van der Waals surface area contributed by atoms with E-state index in [1.165, 1.54) is 12.1 Å². The molecular weight excluding hydrogens is 279 g/mol. The summed E-state index contributed by atoms with van der Waals surface area (Å²) in [6.45, 7) is 2.39. The Morgan fingerprint density at radius 3 is 2.59 bits per heavy atom. The number of aromatic nitrogens is 1. The van der Waals surface area contributed by atoms with E-state index in [1.54, 1.807) is 29.3 Å². The number of carbonyl (C=O) groups is 1. The zero-order valence-electron chi connectivity index (χ0n) is 12.2. The summed E-state index contributed by atoms with van der Waals surface area (Å²) in [7, 11) is 0. The van der Waals surface area contributed by atoms with Crippen molar-refractivity contribution in [3.05, 3.63) is 72.2 Å². The molecule has 1 heterocycles. The standard InChI is InChI=1S/C18H15FN2O/c1-2-21(14-10-8-13(19)9-11-14)18(22)16-5-3-7-17-15(16)6-4-12-20-17/h3-12H,2H2,1H3. The van der Waals surface area contributed by atoms with Crippen molar-refractivity contribution in [2.24, 2.45) is 0 Å². The quantitative estimate of drug-likeness (QED) is 0.730. The summed E-state index contributed by atoms with van der Waals surface area (Å²) >= 11 is 0. The minimum atomic E-state index is -0.318. The van der Waals surface area contributed by atoms with Crippen LogP contribution in [0.15, 0.2) is 60.8 Å². The summed E-state index contributed by atoms with van der Waals surface area (Å²) in [5.41, 5.74) is 2.05. The maximum absolute atomic E-state index is 13.1. The molecule has 3 rings (SSSR count). The van der Waals surface area contributed by atoms with Gasteiger partial charge in [0.25, 0.3) is 5.91 Å². The second kappa shape index (κ2) is 5.93. The molecule has 2 aromatic carbocycles. The van der Waals surface area contributed by atoms with Gasteiger partial charge in [0.15, 0.2) is 0 Å². The highest BCUT2D eigenvalue weighted by Crippen LogP contribution is 2.22. The number of pyridine rings is 1. The normalized spacial score (nSPS) is 10.6. The molecule has 0 atom stereocenters. The lowest BCUT2D eigenvalue weighted by Gasteiger charge is -2.21. The van der Waals surface area contributed by atoms with E-state index in [0.29, 0.717) is 17.8 Å². The van der Waals surface area contributed by atoms with E-state index in [-0.39, 0.29) is 11.7 Å². The largest absolute Gasteiger partial charge is 0.309 e. The van der Waals surface area contributed by atoms with Gasteiger partial charge in [0.05, 0.1) is 5.52 Å². The molecule has 0 radical (unpaired) electrons. The lowest BCUT2D eigenvalue weighted by atomic mass is 10.1. The van der Waals surface area contributed by atoms with Gasteiger partial charge in [-0.1, -0.05) is 12.1 Å². The van der Waals surface area contributed by atoms with E-state index < -0.39 is 0 Å². The highest BCUT2D eigenvalue weighted by atomic mass is 19.1. The Hall–Kier alpha value is -2.75. The van der Waals surface area contributed by atoms with Crippen molar-refractivity contribution in [2.75, 3.05) is 11.4 Å². The minimum absolute atomic E-state index is 0.118. The van der Waals surface area contributed by atoms with E-state index in [9.17, 15) is 9.18 Å². The van der Waals surface area contributed by atoms with Crippen LogP contribution in [0.3, 0.4) is 0 Å². The van der Waals surface area contributed by atoms with E-state index in [1.807, 2.05) is 31.2 Å². The van der Waals surface area contributed by atoms with Crippen molar-refractivity contribution in [3.8, 4) is 0 Å². The Balaban J connectivity index is 2.05. The average molecular weight is 294 g/mol. The molecule has 4 heteroatoms. The van der Waals surface area contributed by atoms with Gasteiger partial charge >= 0.3 is 0 Å². The van der Waals surface area contributed by atoms with Crippen molar-refractivity contribution < 1.29 is 9.18 Å². The molecule has 3 aromatic rings. The summed E-state index contributed by atoms with van der Waals surface area (Å²) in [6, 6.07) is 15.1. The first-order valence-electron chi connectivity index (χ1n) is 7.12. The van der Waals surface area contributed by atoms with Crippen molar-refractivity contribution in [3.63, 3.8) is 0 Å². The molecular formula is C18H15FN2O. The molecule has 0 N–H and O–H groups in total. The summed E-state index contributed by atoms with van der Waals surface area (Å²) < 4.78 is 13.1. The Bertz CT molecular complexity index is 809. The van der Waals surface area contributed by atoms with Gasteiger partial charge < -0.3 is 4.90 Å². The Morgan fingerprint density at radius 2 is 1.86 bits per heavy atom. The van der Waals surface area contributed by atoms with E-state index >= 15 is 0 Å². The van der Waals surface area contributed by atoms with Crippen molar-refractivity contribution in [1.82, 2.24) is 4.98 Å². The molecule has 0 aliphatic rings. The molecule has 0 spiro atoms. The van der Waals surface area contributed by atoms with Crippen LogP contribution in [0.5, 0.6) is 0 Å². The van der Waals surface area contributed by atoms with Crippen molar-refractivity contribution in [1.29, 1.82) is 0 Å². The minimum Gasteiger partial charge on any atom is -0.309 e. The Labute approximate surface area is 128 Å². The summed E-state index contributed by atoms with van der Waals surface area (Å²) in [5.74, 6) is -0.436. The lowest BCUT2D eigenvalue weighted by Crippen LogP contribution is -2.30. The SMILES string of the molecule is CCN(C(=O)c1cccc2ncccc12)c1ccc(F)cc1. The molecule has 1 aromatic heterocycles. The van der Waals surface area contributed by atoms with Gasteiger partial charge in [-0.05, 0) is 49.4 Å². The van der Waals surface area contributed by atoms with Gasteiger partial charge in [-0.25, -0.2) is 4.39 Å². The van der Waals surface area contributed by atoms with Crippen LogP contribution < -0.4 is 4.90 Å². The molecule has 22 heavy (non-hydrogen) atoms. The summed E-state index contributed by atoms with van der Waals surface area (Å²) in [4.78, 5) is 18.8. The van der Waals surface area contributed by atoms with E-state index in [4.69, 9.17) is 0 Å². The second-order valence-electron chi connectivity index (χ2n) is 4.90. The van der Waals surface area contributed by atoms with E-state index in [2.05, 4.69) is 4.98 Å². The van der Waals surface area contributed by atoms with Crippen LogP contribution in [-0.2, 0) is 0 Å². The van der Waals surface area contributed by atoms with Crippen LogP contribution in [-0.4, -0.2) is 17.4 Å². The third-order valence-corrected chi connectivity index (χ3v) is 3.58. The number of amides is 1. The number of nitrogens with zero attached hydrogens (tertiary/aromatic N) is 2. The Kier molecular flexibility index (Phi) is 3.83. The predicted octanol–water partition coefficient (Wildman–Crippen LogP) is 4.04. The maximum Gasteiger partial charge on any atom is 0.258 e. The summed E-state index contributed by atoms with van der Waals surface area (Å²) in [6.07, 6.45) is 1.70. The molecule has 0 aliphatic heterocycles. The molecule has 0 fully saturated rings. The first-order chi connectivity index (χ1) is 10.7. The van der Waals surface area contributed by atoms with Crippen LogP contribution in [0.2, 0.25) is 0 Å². The third-order valence-electron chi connectivity index (χ3n) is 3.58. The van der Waals surface area contributed by atoms with Crippen LogP contribution >= 0.6 is 0 Å². The monoisotopic (exact) mass is 294 g/mol. The van der Waals surface area contributed by atoms with Gasteiger partial charge in [0, 0.05) is 29.4 Å². The molecule has 0 bridgehead atoms. The zero-order chi connectivity index (χ0) is 15.5. The number of benzene rings is 2. The molecule has 0 saturated heterocycles. The van der Waals surface area contributed by atoms with Gasteiger partial charge in [-0.3, -0.25) is 9.78 Å². The van der Waals surface area contributed by atoms with Crippen LogP contribution in [0, 0.1) is 5.82 Å². The van der Waals surface area contributed by atoms with Crippen molar-refractivity contribution >= 4 is 22.5 Å². The fourth-order valence-electron chi connectivity index (χ4n) is 2.50. The molecule has 110 valence electrons. The van der Waals surface area contributed by atoms with Crippen LogP contribution in [0.1, 0.15) is 17.3 Å². The fraction of sp³-hybridized carbons (Fsp3) is 0.111. The number of rotatable bonds is 3. The molecule has 0 aliphatic carbocycles. The van der Waals surface area contributed by atoms with Gasteiger partial charge in [0.1, 0.15) is 5.82 Å². The maximum atomic E-state index is 13.1. The predicted molar refractivity (Wildman–Crippen MR) is 85.5 cm³/mol. The lowest BCUT2D eigenvalue weighted by molar-refractivity contribution is 0.0990. The third kappa shape index (κ3) is 2.55. The smallest absolute Gasteiger partial charge is 0.258 e. The van der Waals surface area contributed by atoms with Crippen LogP contribution in [0.25, 0.3) is 10.9 Å². The van der Waals surface area contributed by atoms with Gasteiger partial charge in [-0.2, -0.15) is 0 Å². The molecule has 0 saturated carbocycles. The fourth-order valence-corrected chi connectivity index (χ4v) is 2.50. The summed E-state index contributed by atoms with van der Waals surface area (Å²) in [5, 5.41) is 0.815. The number of hydrogen-bond donors (Lipinski definition) is 0. The van der Waals surface area contributed by atoms with E-state index in [0.717, 1.165) is 10.9 Å². The Morgan fingerprint density at radius 1 is 1.09 bits per heavy atom. The number of anilines is 1. The van der Waals surface area contributed by atoms with Crippen molar-refractivity contribution in [2.45, 2.75) is 6.92 Å². The van der Waals surface area contributed by atoms with Gasteiger partial charge in [0.2, 0.25) is 0 Å². The number of carbonyl (C=O) groups excluding carboxylic acids is 1. The topological polar surface area (TPSA) is 33.2 Å².